The summed E-state index contributed by atoms with van der Waals surface area (Å²) in [6.45, 7) is 1.48. The first-order valence-corrected chi connectivity index (χ1v) is 9.90. The summed E-state index contributed by atoms with van der Waals surface area (Å²) in [5, 5.41) is 11.0. The minimum atomic E-state index is -4.89. The van der Waals surface area contributed by atoms with Crippen LogP contribution in [0.15, 0.2) is 72.6 Å². The Labute approximate surface area is 190 Å². The van der Waals surface area contributed by atoms with E-state index in [1.54, 1.807) is 0 Å². The van der Waals surface area contributed by atoms with E-state index in [-0.39, 0.29) is 22.4 Å². The summed E-state index contributed by atoms with van der Waals surface area (Å²) in [4.78, 5) is 31.0. The van der Waals surface area contributed by atoms with Gasteiger partial charge in [0.2, 0.25) is 0 Å². The number of pyridine rings is 1. The Morgan fingerprint density at radius 3 is 2.26 bits per heavy atom. The molecule has 1 aromatic heterocycles. The lowest BCUT2D eigenvalue weighted by molar-refractivity contribution is -0.274. The average Bonchev–Trinajstić information content (AvgIpc) is 3.06. The summed E-state index contributed by atoms with van der Waals surface area (Å²) in [5.74, 6) is -3.52. The Kier molecular flexibility index (Phi) is 5.82. The molecule has 1 unspecified atom stereocenters. The molecule has 1 atom stereocenters. The molecule has 1 amide bonds. The molecule has 4 rings (SSSR count). The van der Waals surface area contributed by atoms with Crippen molar-refractivity contribution in [3.63, 3.8) is 0 Å². The third-order valence-electron chi connectivity index (χ3n) is 5.25. The van der Waals surface area contributed by atoms with Gasteiger partial charge in [0.05, 0.1) is 11.6 Å². The van der Waals surface area contributed by atoms with E-state index in [4.69, 9.17) is 0 Å². The second-order valence-electron chi connectivity index (χ2n) is 7.46. The van der Waals surface area contributed by atoms with Gasteiger partial charge in [-0.05, 0) is 72.6 Å². The molecule has 0 radical (unpaired) electrons. The number of aromatic nitrogens is 1. The van der Waals surface area contributed by atoms with Crippen LogP contribution >= 0.6 is 0 Å². The van der Waals surface area contributed by atoms with Crippen molar-refractivity contribution >= 4 is 23.1 Å². The predicted molar refractivity (Wildman–Crippen MR) is 113 cm³/mol. The number of hydrogen-bond acceptors (Lipinski definition) is 5. The summed E-state index contributed by atoms with van der Waals surface area (Å²) < 4.78 is 55.1. The molecular formula is C24H16F4N2O4. The summed E-state index contributed by atoms with van der Waals surface area (Å²) in [6, 6.07) is 10.1. The van der Waals surface area contributed by atoms with E-state index < -0.39 is 41.4 Å². The number of nitrogens with zero attached hydrogens (tertiary/aromatic N) is 2. The van der Waals surface area contributed by atoms with Gasteiger partial charge in [-0.1, -0.05) is 0 Å². The molecule has 1 fully saturated rings. The molecule has 1 N–H and O–H groups in total. The predicted octanol–water partition coefficient (Wildman–Crippen LogP) is 5.05. The van der Waals surface area contributed by atoms with Crippen LogP contribution in [0.4, 0.5) is 23.2 Å². The number of benzene rings is 2. The molecule has 174 valence electrons. The first-order chi connectivity index (χ1) is 16.1. The number of carbonyl (C=O) groups is 2. The van der Waals surface area contributed by atoms with Crippen molar-refractivity contribution in [2.75, 3.05) is 4.90 Å². The maximum Gasteiger partial charge on any atom is 0.573 e. The van der Waals surface area contributed by atoms with Gasteiger partial charge in [0.1, 0.15) is 17.3 Å². The summed E-state index contributed by atoms with van der Waals surface area (Å²) in [6.07, 6.45) is -2.04. The van der Waals surface area contributed by atoms with E-state index in [0.717, 1.165) is 23.1 Å². The molecule has 1 aliphatic rings. The molecular weight excluding hydrogens is 456 g/mol. The van der Waals surface area contributed by atoms with Gasteiger partial charge < -0.3 is 9.84 Å². The number of ketones is 1. The van der Waals surface area contributed by atoms with Crippen molar-refractivity contribution in [3.05, 3.63) is 95.1 Å². The van der Waals surface area contributed by atoms with Crippen LogP contribution in [0.25, 0.3) is 5.76 Å². The molecule has 0 bridgehead atoms. The van der Waals surface area contributed by atoms with E-state index in [0.29, 0.717) is 5.56 Å². The Morgan fingerprint density at radius 2 is 1.68 bits per heavy atom. The monoisotopic (exact) mass is 472 g/mol. The molecule has 6 nitrogen and oxygen atoms in total. The van der Waals surface area contributed by atoms with Gasteiger partial charge in [-0.3, -0.25) is 19.5 Å². The number of amides is 1. The molecule has 10 heteroatoms. The SMILES string of the molecule is Cc1cc(/C(O)=C2/C(=O)C(=O)N(c3ccc(OC(F)(F)F)cc3)C2c2ccncc2)ccc1F. The molecule has 1 aliphatic heterocycles. The zero-order valence-corrected chi connectivity index (χ0v) is 17.5. The number of Topliss-reactive ketones (excluding diaryl/α,β-unsaturated/α-hetero) is 1. The summed E-state index contributed by atoms with van der Waals surface area (Å²) in [7, 11) is 0. The fraction of sp³-hybridized carbons (Fsp3) is 0.125. The Morgan fingerprint density at radius 1 is 1.03 bits per heavy atom. The maximum atomic E-state index is 13.7. The normalized spacial score (nSPS) is 17.8. The third kappa shape index (κ3) is 4.34. The highest BCUT2D eigenvalue weighted by Gasteiger charge is 2.47. The van der Waals surface area contributed by atoms with Crippen molar-refractivity contribution in [1.82, 2.24) is 4.98 Å². The Balaban J connectivity index is 1.85. The number of aryl methyl sites for hydroxylation is 1. The zero-order chi connectivity index (χ0) is 24.6. The lowest BCUT2D eigenvalue weighted by Crippen LogP contribution is -2.29. The van der Waals surface area contributed by atoms with Crippen LogP contribution in [0, 0.1) is 12.7 Å². The highest BCUT2D eigenvalue weighted by molar-refractivity contribution is 6.51. The number of rotatable bonds is 4. The van der Waals surface area contributed by atoms with Crippen LogP contribution in [0.2, 0.25) is 0 Å². The topological polar surface area (TPSA) is 79.7 Å². The number of aliphatic hydroxyl groups excluding tert-OH is 1. The van der Waals surface area contributed by atoms with Gasteiger partial charge >= 0.3 is 6.36 Å². The van der Waals surface area contributed by atoms with Crippen LogP contribution in [-0.2, 0) is 9.59 Å². The van der Waals surface area contributed by atoms with E-state index in [9.17, 15) is 32.3 Å². The first kappa shape index (κ1) is 23.0. The van der Waals surface area contributed by atoms with E-state index in [1.807, 2.05) is 0 Å². The maximum absolute atomic E-state index is 13.7. The largest absolute Gasteiger partial charge is 0.573 e. The van der Waals surface area contributed by atoms with Crippen molar-refractivity contribution in [2.45, 2.75) is 19.3 Å². The van der Waals surface area contributed by atoms with Crippen LogP contribution in [-0.4, -0.2) is 28.1 Å². The fourth-order valence-electron chi connectivity index (χ4n) is 3.72. The van der Waals surface area contributed by atoms with Crippen LogP contribution in [0.1, 0.15) is 22.7 Å². The second kappa shape index (κ2) is 8.62. The fourth-order valence-corrected chi connectivity index (χ4v) is 3.72. The van der Waals surface area contributed by atoms with Crippen molar-refractivity contribution in [3.8, 4) is 5.75 Å². The van der Waals surface area contributed by atoms with E-state index >= 15 is 0 Å². The third-order valence-corrected chi connectivity index (χ3v) is 5.25. The number of halogens is 4. The highest BCUT2D eigenvalue weighted by Crippen LogP contribution is 2.42. The summed E-state index contributed by atoms with van der Waals surface area (Å²) >= 11 is 0. The summed E-state index contributed by atoms with van der Waals surface area (Å²) in [5.41, 5.74) is 0.625. The van der Waals surface area contributed by atoms with Gasteiger partial charge in [-0.15, -0.1) is 13.2 Å². The number of alkyl halides is 3. The van der Waals surface area contributed by atoms with Crippen molar-refractivity contribution in [1.29, 1.82) is 0 Å². The molecule has 1 saturated heterocycles. The van der Waals surface area contributed by atoms with E-state index in [2.05, 4.69) is 9.72 Å². The number of anilines is 1. The smallest absolute Gasteiger partial charge is 0.507 e. The van der Waals surface area contributed by atoms with Gasteiger partial charge in [0.25, 0.3) is 11.7 Å². The zero-order valence-electron chi connectivity index (χ0n) is 17.5. The molecule has 34 heavy (non-hydrogen) atoms. The van der Waals surface area contributed by atoms with Gasteiger partial charge in [-0.2, -0.15) is 0 Å². The van der Waals surface area contributed by atoms with Gasteiger partial charge in [0.15, 0.2) is 0 Å². The quantitative estimate of drug-likeness (QED) is 0.249. The van der Waals surface area contributed by atoms with Crippen LogP contribution < -0.4 is 9.64 Å². The minimum Gasteiger partial charge on any atom is -0.507 e. The van der Waals surface area contributed by atoms with Crippen molar-refractivity contribution in [2.24, 2.45) is 0 Å². The lowest BCUT2D eigenvalue weighted by Gasteiger charge is -2.25. The number of hydrogen-bond donors (Lipinski definition) is 1. The van der Waals surface area contributed by atoms with E-state index in [1.165, 1.54) is 55.7 Å². The van der Waals surface area contributed by atoms with Crippen LogP contribution in [0.5, 0.6) is 5.75 Å². The van der Waals surface area contributed by atoms with Gasteiger partial charge in [-0.25, -0.2) is 4.39 Å². The molecule has 3 aromatic rings. The number of aliphatic hydroxyl groups is 1. The number of ether oxygens (including phenoxy) is 1. The van der Waals surface area contributed by atoms with Gasteiger partial charge in [0, 0.05) is 23.6 Å². The lowest BCUT2D eigenvalue weighted by atomic mass is 9.95. The Bertz CT molecular complexity index is 1290. The highest BCUT2D eigenvalue weighted by atomic mass is 19.4. The van der Waals surface area contributed by atoms with Crippen molar-refractivity contribution < 1.29 is 37.0 Å². The second-order valence-corrected chi connectivity index (χ2v) is 7.46. The average molecular weight is 472 g/mol. The Hall–Kier alpha value is -4.21. The number of carbonyl (C=O) groups excluding carboxylic acids is 2. The minimum absolute atomic E-state index is 0.104. The molecule has 2 heterocycles. The first-order valence-electron chi connectivity index (χ1n) is 9.90. The van der Waals surface area contributed by atoms with Crippen LogP contribution in [0.3, 0.4) is 0 Å². The molecule has 0 aliphatic carbocycles. The molecule has 2 aromatic carbocycles. The standard InChI is InChI=1S/C24H16F4N2O4/c1-13-12-15(2-7-18(13)25)21(31)19-20(14-8-10-29-11-9-14)30(23(33)22(19)32)16-3-5-17(6-4-16)34-24(26,27)28/h2-12,20,31H,1H3/b21-19-. The molecule has 0 saturated carbocycles. The molecule has 0 spiro atoms.